The van der Waals surface area contributed by atoms with Crippen molar-refractivity contribution < 1.29 is 9.21 Å². The lowest BCUT2D eigenvalue weighted by molar-refractivity contribution is 0.104. The monoisotopic (exact) mass is 206 g/mol. The minimum absolute atomic E-state index is 0.122. The van der Waals surface area contributed by atoms with Crippen molar-refractivity contribution in [3.8, 4) is 0 Å². The molecule has 0 atom stereocenters. The lowest BCUT2D eigenvalue weighted by Crippen LogP contribution is -1.91. The van der Waals surface area contributed by atoms with Crippen LogP contribution in [-0.4, -0.2) is 15.8 Å². The Morgan fingerprint density at radius 3 is 3.07 bits per heavy atom. The van der Waals surface area contributed by atoms with E-state index in [9.17, 15) is 4.79 Å². The summed E-state index contributed by atoms with van der Waals surface area (Å²) in [4.78, 5) is 19.1. The van der Waals surface area contributed by atoms with Gasteiger partial charge in [-0.15, -0.1) is 11.3 Å². The van der Waals surface area contributed by atoms with Gasteiger partial charge in [0.05, 0.1) is 0 Å². The van der Waals surface area contributed by atoms with Crippen LogP contribution in [0.5, 0.6) is 0 Å². The van der Waals surface area contributed by atoms with Crippen molar-refractivity contribution in [2.75, 3.05) is 0 Å². The Labute approximate surface area is 83.9 Å². The van der Waals surface area contributed by atoms with E-state index >= 15 is 0 Å². The van der Waals surface area contributed by atoms with Crippen molar-refractivity contribution in [2.45, 2.75) is 0 Å². The van der Waals surface area contributed by atoms with Crippen LogP contribution >= 0.6 is 11.3 Å². The summed E-state index contributed by atoms with van der Waals surface area (Å²) in [7, 11) is 0. The third-order valence-corrected chi connectivity index (χ3v) is 2.29. The number of hydrogen-bond donors (Lipinski definition) is 0. The molecule has 0 aliphatic heterocycles. The summed E-state index contributed by atoms with van der Waals surface area (Å²) in [5.74, 6) is -0.122. The van der Waals surface area contributed by atoms with Gasteiger partial charge in [-0.25, -0.2) is 9.97 Å². The molecule has 0 N–H and O–H groups in total. The molecule has 0 spiro atoms. The largest absolute Gasteiger partial charge is 0.451 e. The highest BCUT2D eigenvalue weighted by molar-refractivity contribution is 7.11. The summed E-state index contributed by atoms with van der Waals surface area (Å²) in [6, 6.07) is 0. The van der Waals surface area contributed by atoms with Gasteiger partial charge in [-0.05, 0) is 12.2 Å². The number of ketones is 1. The van der Waals surface area contributed by atoms with Crippen molar-refractivity contribution in [3.05, 3.63) is 41.0 Å². The van der Waals surface area contributed by atoms with E-state index in [2.05, 4.69) is 9.97 Å². The molecular formula is C9H6N2O2S. The average Bonchev–Trinajstić information content (AvgIpc) is 2.87. The van der Waals surface area contributed by atoms with E-state index in [1.165, 1.54) is 30.1 Å². The van der Waals surface area contributed by atoms with E-state index in [-0.39, 0.29) is 5.78 Å². The van der Waals surface area contributed by atoms with E-state index < -0.39 is 0 Å². The second-order valence-corrected chi connectivity index (χ2v) is 3.34. The van der Waals surface area contributed by atoms with Crippen LogP contribution in [0.15, 0.2) is 34.7 Å². The third-order valence-electron chi connectivity index (χ3n) is 1.50. The van der Waals surface area contributed by atoms with Crippen LogP contribution in [0.2, 0.25) is 0 Å². The fourth-order valence-corrected chi connectivity index (χ4v) is 1.44. The summed E-state index contributed by atoms with van der Waals surface area (Å²) in [6.45, 7) is 0. The zero-order valence-corrected chi connectivity index (χ0v) is 7.90. The van der Waals surface area contributed by atoms with Crippen molar-refractivity contribution >= 4 is 23.2 Å². The first kappa shape index (κ1) is 8.83. The maximum Gasteiger partial charge on any atom is 0.214 e. The van der Waals surface area contributed by atoms with E-state index in [1.807, 2.05) is 0 Å². The van der Waals surface area contributed by atoms with Crippen molar-refractivity contribution in [1.29, 1.82) is 0 Å². The molecule has 2 aromatic heterocycles. The number of carbonyl (C=O) groups excluding carboxylic acids is 1. The number of aromatic nitrogens is 2. The SMILES string of the molecule is O=C(C=Cc1cocn1)c1nccs1. The number of oxazole rings is 1. The molecule has 14 heavy (non-hydrogen) atoms. The summed E-state index contributed by atoms with van der Waals surface area (Å²) in [5.41, 5.74) is 0.620. The van der Waals surface area contributed by atoms with Gasteiger partial charge in [-0.3, -0.25) is 4.79 Å². The molecule has 0 aliphatic carbocycles. The number of thiazole rings is 1. The molecule has 0 unspecified atom stereocenters. The highest BCUT2D eigenvalue weighted by Gasteiger charge is 2.03. The van der Waals surface area contributed by atoms with Gasteiger partial charge in [0.2, 0.25) is 5.78 Å². The second kappa shape index (κ2) is 3.97. The number of rotatable bonds is 3. The maximum atomic E-state index is 11.4. The van der Waals surface area contributed by atoms with E-state index in [4.69, 9.17) is 4.42 Å². The number of carbonyl (C=O) groups is 1. The molecule has 0 aromatic carbocycles. The minimum Gasteiger partial charge on any atom is -0.451 e. The topological polar surface area (TPSA) is 56.0 Å². The highest BCUT2D eigenvalue weighted by Crippen LogP contribution is 2.06. The smallest absolute Gasteiger partial charge is 0.214 e. The lowest BCUT2D eigenvalue weighted by atomic mass is 10.3. The van der Waals surface area contributed by atoms with Gasteiger partial charge >= 0.3 is 0 Å². The zero-order chi connectivity index (χ0) is 9.80. The van der Waals surface area contributed by atoms with Crippen LogP contribution < -0.4 is 0 Å². The molecule has 4 nitrogen and oxygen atoms in total. The molecule has 0 aliphatic rings. The van der Waals surface area contributed by atoms with Gasteiger partial charge in [0, 0.05) is 11.6 Å². The normalized spacial score (nSPS) is 10.9. The van der Waals surface area contributed by atoms with Crippen LogP contribution in [0.4, 0.5) is 0 Å². The number of allylic oxidation sites excluding steroid dienone is 1. The van der Waals surface area contributed by atoms with Crippen molar-refractivity contribution in [3.63, 3.8) is 0 Å². The molecule has 0 saturated heterocycles. The zero-order valence-electron chi connectivity index (χ0n) is 7.08. The van der Waals surface area contributed by atoms with Gasteiger partial charge in [0.25, 0.3) is 0 Å². The fraction of sp³-hybridized carbons (Fsp3) is 0. The third kappa shape index (κ3) is 1.94. The van der Waals surface area contributed by atoms with Crippen LogP contribution in [0.1, 0.15) is 15.5 Å². The molecule has 2 heterocycles. The van der Waals surface area contributed by atoms with Gasteiger partial charge < -0.3 is 4.42 Å². The van der Waals surface area contributed by atoms with Crippen LogP contribution in [-0.2, 0) is 0 Å². The lowest BCUT2D eigenvalue weighted by Gasteiger charge is -1.84. The van der Waals surface area contributed by atoms with E-state index in [0.29, 0.717) is 10.7 Å². The van der Waals surface area contributed by atoms with Crippen LogP contribution in [0, 0.1) is 0 Å². The van der Waals surface area contributed by atoms with Gasteiger partial charge in [-0.1, -0.05) is 0 Å². The Kier molecular flexibility index (Phi) is 2.51. The second-order valence-electron chi connectivity index (χ2n) is 2.45. The van der Waals surface area contributed by atoms with Gasteiger partial charge in [0.1, 0.15) is 12.0 Å². The van der Waals surface area contributed by atoms with Crippen LogP contribution in [0.25, 0.3) is 6.08 Å². The molecular weight excluding hydrogens is 200 g/mol. The predicted octanol–water partition coefficient (Wildman–Crippen LogP) is 2.03. The Morgan fingerprint density at radius 1 is 1.50 bits per heavy atom. The fourth-order valence-electron chi connectivity index (χ4n) is 0.882. The standard InChI is InChI=1S/C9H6N2O2S/c12-8(9-10-3-4-14-9)2-1-7-5-13-6-11-7/h1-6H. The first-order chi connectivity index (χ1) is 6.86. The molecule has 2 aromatic rings. The number of nitrogens with zero attached hydrogens (tertiary/aromatic N) is 2. The van der Waals surface area contributed by atoms with Crippen LogP contribution in [0.3, 0.4) is 0 Å². The Hall–Kier alpha value is -1.75. The van der Waals surface area contributed by atoms with Gasteiger partial charge in [0.15, 0.2) is 11.4 Å². The van der Waals surface area contributed by atoms with Crippen molar-refractivity contribution in [2.24, 2.45) is 0 Å². The molecule has 0 bridgehead atoms. The Balaban J connectivity index is 2.09. The van der Waals surface area contributed by atoms with E-state index in [0.717, 1.165) is 0 Å². The predicted molar refractivity (Wildman–Crippen MR) is 52.0 cm³/mol. The highest BCUT2D eigenvalue weighted by atomic mass is 32.1. The molecule has 2 rings (SSSR count). The molecule has 0 saturated carbocycles. The quantitative estimate of drug-likeness (QED) is 0.569. The first-order valence-corrected chi connectivity index (χ1v) is 4.74. The van der Waals surface area contributed by atoms with E-state index in [1.54, 1.807) is 17.7 Å². The maximum absolute atomic E-state index is 11.4. The summed E-state index contributed by atoms with van der Waals surface area (Å²) in [5, 5.41) is 2.24. The summed E-state index contributed by atoms with van der Waals surface area (Å²) in [6.07, 6.45) is 7.39. The minimum atomic E-state index is -0.122. The molecule has 0 fully saturated rings. The van der Waals surface area contributed by atoms with Gasteiger partial charge in [-0.2, -0.15) is 0 Å². The molecule has 5 heteroatoms. The number of hydrogen-bond acceptors (Lipinski definition) is 5. The Bertz CT molecular complexity index is 431. The molecule has 0 radical (unpaired) electrons. The average molecular weight is 206 g/mol. The summed E-state index contributed by atoms with van der Waals surface area (Å²) < 4.78 is 4.75. The Morgan fingerprint density at radius 2 is 2.43 bits per heavy atom. The summed E-state index contributed by atoms with van der Waals surface area (Å²) >= 11 is 1.31. The first-order valence-electron chi connectivity index (χ1n) is 3.86. The van der Waals surface area contributed by atoms with Crippen molar-refractivity contribution in [1.82, 2.24) is 9.97 Å². The molecule has 70 valence electrons. The molecule has 0 amide bonds.